The molecule has 0 aliphatic carbocycles. The molecule has 0 bridgehead atoms. The first-order chi connectivity index (χ1) is 27.8. The summed E-state index contributed by atoms with van der Waals surface area (Å²) < 4.78 is 73.2. The molecule has 312 valence electrons. The summed E-state index contributed by atoms with van der Waals surface area (Å²) in [6.07, 6.45) is 3.70. The van der Waals surface area contributed by atoms with E-state index in [1.165, 1.54) is 36.7 Å². The van der Waals surface area contributed by atoms with E-state index in [-0.39, 0.29) is 32.5 Å². The number of sulfone groups is 2. The maximum absolute atomic E-state index is 13.3. The Labute approximate surface area is 345 Å². The summed E-state index contributed by atoms with van der Waals surface area (Å²) in [5.74, 6) is 1.50. The van der Waals surface area contributed by atoms with E-state index in [4.69, 9.17) is 47.7 Å². The molecule has 0 fully saturated rings. The van der Waals surface area contributed by atoms with Crippen LogP contribution in [0.2, 0.25) is 5.15 Å². The van der Waals surface area contributed by atoms with E-state index < -0.39 is 30.2 Å². The van der Waals surface area contributed by atoms with Gasteiger partial charge in [0, 0.05) is 68.4 Å². The van der Waals surface area contributed by atoms with Gasteiger partial charge in [-0.2, -0.15) is 0 Å². The molecular formula is C40H50ClN7O8S2. The molecule has 5 aromatic rings. The standard InChI is InChI=1S/C18H17N5O3S.C14H13ClN2O3S.2C4H10O/c19-17-8-12(7-14(23-17)11-9-21-18(20)22-10-11)27(24,25)16-5-6-26-15-4-2-1-3-13(15)16;15-13-7-9(8-14(16)17-13)21(18,19)12-5-6-20-11-4-2-1-3-10(11)12;2*1-3-5-4-2/h1-4,7-10,16H,5-6H2,(H2,19,23)(H2,20,21,22);1-4,7-8,12H,5-6H2,(H2,16,17);2*3-4H2,1-2H3. The molecule has 0 saturated carbocycles. The third kappa shape index (κ3) is 12.0. The number of halogens is 1. The normalized spacial score (nSPS) is 15.5. The molecule has 2 atom stereocenters. The number of benzene rings is 2. The summed E-state index contributed by atoms with van der Waals surface area (Å²) in [6.45, 7) is 12.0. The Morgan fingerprint density at radius 3 is 1.52 bits per heavy atom. The lowest BCUT2D eigenvalue weighted by molar-refractivity contribution is 0.162. The van der Waals surface area contributed by atoms with Crippen LogP contribution in [0.5, 0.6) is 11.5 Å². The number of fused-ring (bicyclic) bond motifs is 2. The van der Waals surface area contributed by atoms with Gasteiger partial charge in [0.2, 0.25) is 5.95 Å². The fourth-order valence-electron chi connectivity index (χ4n) is 5.97. The number of nitrogens with zero attached hydrogens (tertiary/aromatic N) is 4. The zero-order valence-corrected chi connectivity index (χ0v) is 35.3. The van der Waals surface area contributed by atoms with Gasteiger partial charge < -0.3 is 36.1 Å². The average Bonchev–Trinajstić information content (AvgIpc) is 3.21. The zero-order valence-electron chi connectivity index (χ0n) is 32.9. The number of rotatable bonds is 9. The molecule has 0 saturated heterocycles. The van der Waals surface area contributed by atoms with Crippen molar-refractivity contribution in [3.63, 3.8) is 0 Å². The van der Waals surface area contributed by atoms with Gasteiger partial charge in [0.15, 0.2) is 19.7 Å². The Bertz CT molecular complexity index is 2290. The molecule has 0 radical (unpaired) electrons. The lowest BCUT2D eigenvalue weighted by Gasteiger charge is -2.26. The van der Waals surface area contributed by atoms with Gasteiger partial charge in [0.05, 0.1) is 39.2 Å². The van der Waals surface area contributed by atoms with E-state index in [1.54, 1.807) is 36.4 Å². The second-order valence-corrected chi connectivity index (χ2v) is 17.1. The molecule has 7 rings (SSSR count). The lowest BCUT2D eigenvalue weighted by atomic mass is 10.1. The summed E-state index contributed by atoms with van der Waals surface area (Å²) in [6, 6.07) is 19.8. The molecule has 0 spiro atoms. The first-order valence-corrected chi connectivity index (χ1v) is 22.1. The van der Waals surface area contributed by atoms with Gasteiger partial charge in [-0.15, -0.1) is 0 Å². The van der Waals surface area contributed by atoms with Crippen LogP contribution in [0.25, 0.3) is 11.3 Å². The Kier molecular flexibility index (Phi) is 17.0. The molecule has 6 N–H and O–H groups in total. The molecule has 2 unspecified atom stereocenters. The van der Waals surface area contributed by atoms with Gasteiger partial charge in [-0.1, -0.05) is 48.0 Å². The minimum Gasteiger partial charge on any atom is -0.493 e. The van der Waals surface area contributed by atoms with Crippen molar-refractivity contribution in [1.29, 1.82) is 0 Å². The number of nitrogens with two attached hydrogens (primary N) is 3. The van der Waals surface area contributed by atoms with Gasteiger partial charge >= 0.3 is 0 Å². The quantitative estimate of drug-likeness (QED) is 0.131. The van der Waals surface area contributed by atoms with Gasteiger partial charge in [-0.25, -0.2) is 36.8 Å². The molecule has 15 nitrogen and oxygen atoms in total. The van der Waals surface area contributed by atoms with E-state index in [9.17, 15) is 16.8 Å². The predicted octanol–water partition coefficient (Wildman–Crippen LogP) is 6.70. The monoisotopic (exact) mass is 855 g/mol. The van der Waals surface area contributed by atoms with Crippen LogP contribution in [0.4, 0.5) is 17.6 Å². The third-order valence-electron chi connectivity index (χ3n) is 8.60. The highest BCUT2D eigenvalue weighted by atomic mass is 35.5. The minimum absolute atomic E-state index is 0.0638. The van der Waals surface area contributed by atoms with Crippen LogP contribution in [0.3, 0.4) is 0 Å². The van der Waals surface area contributed by atoms with Crippen molar-refractivity contribution in [3.8, 4) is 22.8 Å². The number of hydrogen-bond acceptors (Lipinski definition) is 15. The molecule has 18 heteroatoms. The largest absolute Gasteiger partial charge is 0.493 e. The van der Waals surface area contributed by atoms with Crippen LogP contribution in [0, 0.1) is 0 Å². The van der Waals surface area contributed by atoms with E-state index in [0.717, 1.165) is 26.4 Å². The Balaban J connectivity index is 0.000000212. The number of hydrogen-bond donors (Lipinski definition) is 3. The third-order valence-corrected chi connectivity index (χ3v) is 13.1. The van der Waals surface area contributed by atoms with Gasteiger partial charge in [0.1, 0.15) is 28.3 Å². The summed E-state index contributed by atoms with van der Waals surface area (Å²) in [4.78, 5) is 16.0. The first-order valence-electron chi connectivity index (χ1n) is 18.6. The van der Waals surface area contributed by atoms with Crippen molar-refractivity contribution in [3.05, 3.63) is 101 Å². The Hall–Kier alpha value is -5.07. The van der Waals surface area contributed by atoms with Crippen LogP contribution in [0.1, 0.15) is 62.2 Å². The van der Waals surface area contributed by atoms with Crippen LogP contribution in [0.15, 0.2) is 95.0 Å². The summed E-state index contributed by atoms with van der Waals surface area (Å²) in [5.41, 5.74) is 19.2. The molecular weight excluding hydrogens is 806 g/mol. The highest BCUT2D eigenvalue weighted by Gasteiger charge is 2.35. The van der Waals surface area contributed by atoms with E-state index in [0.29, 0.717) is 59.9 Å². The van der Waals surface area contributed by atoms with Crippen LogP contribution in [-0.2, 0) is 29.1 Å². The molecule has 2 aliphatic heterocycles. The minimum atomic E-state index is -3.70. The van der Waals surface area contributed by atoms with Gasteiger partial charge in [-0.3, -0.25) is 0 Å². The topological polar surface area (TPSA) is 235 Å². The first kappa shape index (κ1) is 45.6. The van der Waals surface area contributed by atoms with Crippen molar-refractivity contribution < 1.29 is 35.8 Å². The molecule has 0 amide bonds. The SMILES string of the molecule is CCOCC.CCOCC.Nc1cc(S(=O)(=O)C2CCOc3ccccc32)cc(-c2cnc(N)nc2)n1.Nc1cc(S(=O)(=O)C2CCOc3ccccc32)cc(Cl)n1. The molecule has 58 heavy (non-hydrogen) atoms. The lowest BCUT2D eigenvalue weighted by Crippen LogP contribution is -2.22. The highest BCUT2D eigenvalue weighted by Crippen LogP contribution is 2.42. The smallest absolute Gasteiger partial charge is 0.219 e. The zero-order chi connectivity index (χ0) is 42.3. The Morgan fingerprint density at radius 1 is 0.655 bits per heavy atom. The maximum atomic E-state index is 13.3. The van der Waals surface area contributed by atoms with E-state index >= 15 is 0 Å². The number of aromatic nitrogens is 4. The fraction of sp³-hybridized carbons (Fsp3) is 0.350. The van der Waals surface area contributed by atoms with Gasteiger partial charge in [-0.05, 0) is 64.1 Å². The second-order valence-electron chi connectivity index (χ2n) is 12.5. The highest BCUT2D eigenvalue weighted by molar-refractivity contribution is 7.92. The average molecular weight is 856 g/mol. The number of nitrogen functional groups attached to an aromatic ring is 3. The number of pyridine rings is 2. The number of ether oxygens (including phenoxy) is 4. The fourth-order valence-corrected chi connectivity index (χ4v) is 9.90. The molecule has 2 aliphatic rings. The summed E-state index contributed by atoms with van der Waals surface area (Å²) in [7, 11) is -7.31. The van der Waals surface area contributed by atoms with E-state index in [2.05, 4.69) is 19.9 Å². The Morgan fingerprint density at radius 2 is 1.09 bits per heavy atom. The van der Waals surface area contributed by atoms with Gasteiger partial charge in [0.25, 0.3) is 0 Å². The molecule has 2 aromatic carbocycles. The van der Waals surface area contributed by atoms with Crippen molar-refractivity contribution >= 4 is 48.9 Å². The maximum Gasteiger partial charge on any atom is 0.219 e. The van der Waals surface area contributed by atoms with Crippen LogP contribution in [-0.4, -0.2) is 76.4 Å². The van der Waals surface area contributed by atoms with Crippen LogP contribution >= 0.6 is 11.6 Å². The summed E-state index contributed by atoms with van der Waals surface area (Å²) >= 11 is 5.82. The van der Waals surface area contributed by atoms with Crippen molar-refractivity contribution in [2.75, 3.05) is 56.8 Å². The number of para-hydroxylation sites is 2. The van der Waals surface area contributed by atoms with Crippen molar-refractivity contribution in [1.82, 2.24) is 19.9 Å². The predicted molar refractivity (Wildman–Crippen MR) is 225 cm³/mol. The molecule has 5 heterocycles. The second kappa shape index (κ2) is 21.6. The van der Waals surface area contributed by atoms with E-state index in [1.807, 2.05) is 39.8 Å². The van der Waals surface area contributed by atoms with Crippen LogP contribution < -0.4 is 26.7 Å². The molecule has 3 aromatic heterocycles. The van der Waals surface area contributed by atoms with Crippen molar-refractivity contribution in [2.24, 2.45) is 0 Å². The van der Waals surface area contributed by atoms with Crippen molar-refractivity contribution in [2.45, 2.75) is 60.8 Å². The summed E-state index contributed by atoms with van der Waals surface area (Å²) in [5, 5.41) is -1.31. The number of anilines is 3.